The van der Waals surface area contributed by atoms with E-state index in [4.69, 9.17) is 19.6 Å². The number of amidine groups is 1. The molecule has 0 fully saturated rings. The van der Waals surface area contributed by atoms with Gasteiger partial charge in [-0.2, -0.15) is 0 Å². The van der Waals surface area contributed by atoms with Crippen molar-refractivity contribution < 1.29 is 19.3 Å². The molecule has 0 saturated heterocycles. The van der Waals surface area contributed by atoms with Crippen LogP contribution in [0.4, 0.5) is 5.69 Å². The minimum Gasteiger partial charge on any atom is -0.509 e. The molecule has 1 atom stereocenters. The molecule has 3 aromatic carbocycles. The van der Waals surface area contributed by atoms with Crippen LogP contribution in [0.15, 0.2) is 78.6 Å². The number of aromatic amines is 1. The monoisotopic (exact) mass is 470 g/mol. The van der Waals surface area contributed by atoms with Gasteiger partial charge in [-0.1, -0.05) is 30.3 Å². The molecular weight excluding hydrogens is 444 g/mol. The Morgan fingerprint density at radius 2 is 1.63 bits per heavy atom. The number of anilines is 1. The lowest BCUT2D eigenvalue weighted by Gasteiger charge is -2.28. The molecule has 8 heteroatoms. The molecule has 0 amide bonds. The Bertz CT molecular complexity index is 1340. The summed E-state index contributed by atoms with van der Waals surface area (Å²) in [5.41, 5.74) is 2.61. The van der Waals surface area contributed by atoms with Crippen LogP contribution >= 0.6 is 0 Å². The number of aromatic nitrogens is 2. The van der Waals surface area contributed by atoms with E-state index < -0.39 is 6.04 Å². The number of rotatable bonds is 8. The highest BCUT2D eigenvalue weighted by molar-refractivity contribution is 6.31. The van der Waals surface area contributed by atoms with Gasteiger partial charge in [-0.3, -0.25) is 5.41 Å². The first-order valence-electron chi connectivity index (χ1n) is 11.3. The lowest BCUT2D eigenvalue weighted by molar-refractivity contribution is 0.284. The van der Waals surface area contributed by atoms with Gasteiger partial charge in [0.25, 0.3) is 0 Å². The molecule has 8 nitrogen and oxygen atoms in total. The van der Waals surface area contributed by atoms with Crippen molar-refractivity contribution in [3.05, 3.63) is 84.4 Å². The first-order valence-corrected chi connectivity index (χ1v) is 11.3. The third-order valence-corrected chi connectivity index (χ3v) is 6.00. The number of ether oxygens (including phenoxy) is 3. The standard InChI is InChI=1S/C27H26N4O4/c1-33-19-14-17(15-20(16-19)34-2)31-23(12-13-35-18-8-4-3-5-9-18)25(32)24(26(31)28)27-29-21-10-6-7-11-22(21)30-27/h3-11,14-16,23,28,32H,12-13H2,1-2H3,(H,29,30). The average Bonchev–Trinajstić information content (AvgIpc) is 3.42. The summed E-state index contributed by atoms with van der Waals surface area (Å²) in [7, 11) is 3.16. The number of nitrogens with zero attached hydrogens (tertiary/aromatic N) is 2. The summed E-state index contributed by atoms with van der Waals surface area (Å²) in [6, 6.07) is 22.0. The number of nitrogens with one attached hydrogen (secondary N) is 2. The maximum Gasteiger partial charge on any atom is 0.145 e. The maximum absolute atomic E-state index is 11.4. The Morgan fingerprint density at radius 3 is 2.31 bits per heavy atom. The summed E-state index contributed by atoms with van der Waals surface area (Å²) in [5.74, 6) is 2.55. The van der Waals surface area contributed by atoms with Gasteiger partial charge in [-0.25, -0.2) is 4.98 Å². The van der Waals surface area contributed by atoms with E-state index in [9.17, 15) is 5.11 Å². The molecule has 3 N–H and O–H groups in total. The van der Waals surface area contributed by atoms with E-state index in [0.29, 0.717) is 41.6 Å². The smallest absolute Gasteiger partial charge is 0.145 e. The number of aliphatic hydroxyl groups is 1. The quantitative estimate of drug-likeness (QED) is 0.328. The van der Waals surface area contributed by atoms with Crippen molar-refractivity contribution in [2.45, 2.75) is 12.5 Å². The predicted octanol–water partition coefficient (Wildman–Crippen LogP) is 5.18. The van der Waals surface area contributed by atoms with Gasteiger partial charge in [0.1, 0.15) is 34.7 Å². The molecule has 0 aliphatic carbocycles. The van der Waals surface area contributed by atoms with Crippen molar-refractivity contribution in [1.82, 2.24) is 9.97 Å². The Balaban J connectivity index is 1.53. The summed E-state index contributed by atoms with van der Waals surface area (Å²) in [5, 5.41) is 20.5. The number of benzene rings is 3. The van der Waals surface area contributed by atoms with E-state index in [2.05, 4.69) is 9.97 Å². The van der Waals surface area contributed by atoms with E-state index in [0.717, 1.165) is 16.8 Å². The van der Waals surface area contributed by atoms with Crippen LogP contribution in [0.3, 0.4) is 0 Å². The Hall–Kier alpha value is -4.46. The van der Waals surface area contributed by atoms with E-state index in [1.807, 2.05) is 66.7 Å². The highest BCUT2D eigenvalue weighted by Gasteiger charge is 2.40. The molecule has 35 heavy (non-hydrogen) atoms. The zero-order chi connectivity index (χ0) is 24.4. The predicted molar refractivity (Wildman–Crippen MR) is 136 cm³/mol. The highest BCUT2D eigenvalue weighted by Crippen LogP contribution is 2.39. The summed E-state index contributed by atoms with van der Waals surface area (Å²) in [6.07, 6.45) is 0.437. The first-order chi connectivity index (χ1) is 17.1. The van der Waals surface area contributed by atoms with Crippen LogP contribution < -0.4 is 19.1 Å². The largest absolute Gasteiger partial charge is 0.509 e. The second-order valence-electron chi connectivity index (χ2n) is 8.12. The summed E-state index contributed by atoms with van der Waals surface area (Å²) in [4.78, 5) is 9.63. The summed E-state index contributed by atoms with van der Waals surface area (Å²) in [6.45, 7) is 0.344. The maximum atomic E-state index is 11.4. The second kappa shape index (κ2) is 9.42. The molecule has 5 rings (SSSR count). The Morgan fingerprint density at radius 1 is 0.943 bits per heavy atom. The minimum atomic E-state index is -0.536. The summed E-state index contributed by atoms with van der Waals surface area (Å²) < 4.78 is 16.8. The fourth-order valence-corrected chi connectivity index (χ4v) is 4.30. The molecule has 178 valence electrons. The third-order valence-electron chi connectivity index (χ3n) is 6.00. The lowest BCUT2D eigenvalue weighted by atomic mass is 10.1. The van der Waals surface area contributed by atoms with Crippen molar-refractivity contribution in [3.8, 4) is 17.2 Å². The zero-order valence-electron chi connectivity index (χ0n) is 19.5. The van der Waals surface area contributed by atoms with E-state index in [1.165, 1.54) is 0 Å². The molecule has 1 aliphatic rings. The van der Waals surface area contributed by atoms with Crippen molar-refractivity contribution >= 4 is 28.1 Å². The van der Waals surface area contributed by atoms with Crippen LogP contribution in [0.25, 0.3) is 16.6 Å². The molecule has 0 spiro atoms. The first kappa shape index (κ1) is 22.3. The molecule has 0 radical (unpaired) electrons. The molecule has 0 bridgehead atoms. The van der Waals surface area contributed by atoms with Gasteiger partial charge in [0.15, 0.2) is 0 Å². The number of para-hydroxylation sites is 3. The number of H-pyrrole nitrogens is 1. The Kier molecular flexibility index (Phi) is 6.01. The zero-order valence-corrected chi connectivity index (χ0v) is 19.5. The van der Waals surface area contributed by atoms with Crippen molar-refractivity contribution in [2.24, 2.45) is 0 Å². The fourth-order valence-electron chi connectivity index (χ4n) is 4.30. The molecule has 2 heterocycles. The SMILES string of the molecule is COc1cc(OC)cc(N2C(=N)C(c3nc4ccccc4[nH]3)=C(O)C2CCOc2ccccc2)c1. The molecule has 4 aromatic rings. The number of imidazole rings is 1. The number of methoxy groups -OCH3 is 2. The Labute approximate surface area is 202 Å². The van der Waals surface area contributed by atoms with Crippen LogP contribution in [-0.4, -0.2) is 47.8 Å². The van der Waals surface area contributed by atoms with Crippen LogP contribution in [0.2, 0.25) is 0 Å². The highest BCUT2D eigenvalue weighted by atomic mass is 16.5. The van der Waals surface area contributed by atoms with Crippen LogP contribution in [0.5, 0.6) is 17.2 Å². The van der Waals surface area contributed by atoms with Crippen LogP contribution in [-0.2, 0) is 0 Å². The van der Waals surface area contributed by atoms with Gasteiger partial charge >= 0.3 is 0 Å². The van der Waals surface area contributed by atoms with Gasteiger partial charge in [0, 0.05) is 24.6 Å². The van der Waals surface area contributed by atoms with Gasteiger partial charge in [0.05, 0.1) is 49.2 Å². The number of hydrogen-bond donors (Lipinski definition) is 3. The van der Waals surface area contributed by atoms with E-state index in [1.54, 1.807) is 25.2 Å². The van der Waals surface area contributed by atoms with Crippen molar-refractivity contribution in [1.29, 1.82) is 5.41 Å². The van der Waals surface area contributed by atoms with Gasteiger partial charge in [-0.05, 0) is 24.3 Å². The number of fused-ring (bicyclic) bond motifs is 1. The number of aliphatic hydroxyl groups excluding tert-OH is 1. The third kappa shape index (κ3) is 4.26. The molecule has 1 aliphatic heterocycles. The average molecular weight is 471 g/mol. The van der Waals surface area contributed by atoms with E-state index >= 15 is 0 Å². The summed E-state index contributed by atoms with van der Waals surface area (Å²) >= 11 is 0. The fraction of sp³-hybridized carbons (Fsp3) is 0.185. The van der Waals surface area contributed by atoms with Crippen LogP contribution in [0, 0.1) is 5.41 Å². The lowest BCUT2D eigenvalue weighted by Crippen LogP contribution is -2.36. The minimum absolute atomic E-state index is 0.0625. The molecule has 1 unspecified atom stereocenters. The normalized spacial score (nSPS) is 15.7. The van der Waals surface area contributed by atoms with Crippen LogP contribution in [0.1, 0.15) is 12.2 Å². The topological polar surface area (TPSA) is 104 Å². The van der Waals surface area contributed by atoms with Gasteiger partial charge < -0.3 is 29.2 Å². The van der Waals surface area contributed by atoms with Gasteiger partial charge in [-0.15, -0.1) is 0 Å². The van der Waals surface area contributed by atoms with Gasteiger partial charge in [0.2, 0.25) is 0 Å². The molecular formula is C27H26N4O4. The molecule has 1 aromatic heterocycles. The number of hydrogen-bond acceptors (Lipinski definition) is 6. The van der Waals surface area contributed by atoms with Crippen molar-refractivity contribution in [2.75, 3.05) is 25.7 Å². The molecule has 0 saturated carbocycles. The second-order valence-corrected chi connectivity index (χ2v) is 8.12. The van der Waals surface area contributed by atoms with E-state index in [-0.39, 0.29) is 11.6 Å². The van der Waals surface area contributed by atoms with Crippen molar-refractivity contribution in [3.63, 3.8) is 0 Å².